The summed E-state index contributed by atoms with van der Waals surface area (Å²) in [6, 6.07) is 4.71. The Morgan fingerprint density at radius 2 is 2.12 bits per heavy atom. The van der Waals surface area contributed by atoms with Crippen molar-refractivity contribution in [3.63, 3.8) is 0 Å². The molecular formula is C15H17N5O3S. The number of nitrogens with zero attached hydrogens (tertiary/aromatic N) is 3. The van der Waals surface area contributed by atoms with E-state index in [2.05, 4.69) is 20.8 Å². The van der Waals surface area contributed by atoms with Crippen molar-refractivity contribution in [3.05, 3.63) is 38.9 Å². The van der Waals surface area contributed by atoms with Crippen LogP contribution in [0.25, 0.3) is 0 Å². The van der Waals surface area contributed by atoms with Crippen molar-refractivity contribution in [3.8, 4) is 0 Å². The van der Waals surface area contributed by atoms with Gasteiger partial charge in [0.2, 0.25) is 5.13 Å². The zero-order chi connectivity index (χ0) is 17.3. The van der Waals surface area contributed by atoms with Crippen LogP contribution in [-0.4, -0.2) is 27.1 Å². The summed E-state index contributed by atoms with van der Waals surface area (Å²) < 4.78 is 0. The lowest BCUT2D eigenvalue weighted by Gasteiger charge is -2.07. The van der Waals surface area contributed by atoms with Crippen molar-refractivity contribution in [2.45, 2.75) is 38.6 Å². The van der Waals surface area contributed by atoms with Gasteiger partial charge in [-0.1, -0.05) is 25.2 Å². The highest BCUT2D eigenvalue weighted by Gasteiger charge is 2.25. The van der Waals surface area contributed by atoms with Gasteiger partial charge in [-0.05, 0) is 25.0 Å². The van der Waals surface area contributed by atoms with Gasteiger partial charge in [0.15, 0.2) is 0 Å². The number of anilines is 2. The van der Waals surface area contributed by atoms with E-state index in [0.717, 1.165) is 17.8 Å². The SMILES string of the molecule is CC(C)c1nnc(NC(=O)c2ccc(NC3CC3)c([N+](=O)[O-])c2)s1. The van der Waals surface area contributed by atoms with Gasteiger partial charge in [0.05, 0.1) is 4.92 Å². The first-order valence-electron chi connectivity index (χ1n) is 7.63. The smallest absolute Gasteiger partial charge is 0.293 e. The van der Waals surface area contributed by atoms with Crippen LogP contribution in [-0.2, 0) is 0 Å². The molecule has 0 aliphatic heterocycles. The summed E-state index contributed by atoms with van der Waals surface area (Å²) in [5.74, 6) is -0.218. The first kappa shape index (κ1) is 16.3. The third-order valence-corrected chi connectivity index (χ3v) is 4.69. The van der Waals surface area contributed by atoms with Crippen molar-refractivity contribution in [1.82, 2.24) is 10.2 Å². The second-order valence-corrected chi connectivity index (χ2v) is 6.97. The van der Waals surface area contributed by atoms with E-state index in [9.17, 15) is 14.9 Å². The molecule has 1 saturated carbocycles. The van der Waals surface area contributed by atoms with Crippen molar-refractivity contribution < 1.29 is 9.72 Å². The maximum Gasteiger partial charge on any atom is 0.293 e. The second-order valence-electron chi connectivity index (χ2n) is 5.96. The average Bonchev–Trinajstić information content (AvgIpc) is 3.22. The molecule has 24 heavy (non-hydrogen) atoms. The molecule has 0 radical (unpaired) electrons. The molecule has 0 spiro atoms. The van der Waals surface area contributed by atoms with E-state index in [0.29, 0.717) is 16.9 Å². The van der Waals surface area contributed by atoms with Crippen molar-refractivity contribution in [1.29, 1.82) is 0 Å². The number of carbonyl (C=O) groups excluding carboxylic acids is 1. The minimum Gasteiger partial charge on any atom is -0.377 e. The van der Waals surface area contributed by atoms with E-state index in [4.69, 9.17) is 0 Å². The molecule has 9 heteroatoms. The zero-order valence-electron chi connectivity index (χ0n) is 13.3. The number of carbonyl (C=O) groups is 1. The van der Waals surface area contributed by atoms with E-state index in [1.54, 1.807) is 12.1 Å². The van der Waals surface area contributed by atoms with Crippen LogP contribution in [0.3, 0.4) is 0 Å². The van der Waals surface area contributed by atoms with Crippen LogP contribution in [0.5, 0.6) is 0 Å². The summed E-state index contributed by atoms with van der Waals surface area (Å²) in [6.45, 7) is 3.97. The summed E-state index contributed by atoms with van der Waals surface area (Å²) in [5.41, 5.74) is 0.552. The summed E-state index contributed by atoms with van der Waals surface area (Å²) in [5, 5.41) is 26.1. The quantitative estimate of drug-likeness (QED) is 0.612. The molecule has 2 N–H and O–H groups in total. The predicted octanol–water partition coefficient (Wildman–Crippen LogP) is 3.40. The number of amides is 1. The highest BCUT2D eigenvalue weighted by atomic mass is 32.1. The van der Waals surface area contributed by atoms with Crippen molar-refractivity contribution >= 4 is 33.8 Å². The Morgan fingerprint density at radius 3 is 2.71 bits per heavy atom. The molecule has 2 aromatic rings. The van der Waals surface area contributed by atoms with E-state index >= 15 is 0 Å². The van der Waals surface area contributed by atoms with E-state index in [1.807, 2.05) is 13.8 Å². The molecule has 0 saturated heterocycles. The normalized spacial score (nSPS) is 13.8. The first-order valence-corrected chi connectivity index (χ1v) is 8.45. The van der Waals surface area contributed by atoms with Crippen molar-refractivity contribution in [2.24, 2.45) is 0 Å². The average molecular weight is 347 g/mol. The van der Waals surface area contributed by atoms with Gasteiger partial charge in [-0.15, -0.1) is 10.2 Å². The fourth-order valence-electron chi connectivity index (χ4n) is 2.08. The van der Waals surface area contributed by atoms with Gasteiger partial charge < -0.3 is 5.32 Å². The van der Waals surface area contributed by atoms with Gasteiger partial charge in [-0.2, -0.15) is 0 Å². The van der Waals surface area contributed by atoms with Crippen LogP contribution in [0.4, 0.5) is 16.5 Å². The number of hydrogen-bond acceptors (Lipinski definition) is 7. The molecule has 8 nitrogen and oxygen atoms in total. The molecule has 1 amide bonds. The first-order chi connectivity index (χ1) is 11.4. The minimum atomic E-state index is -0.483. The maximum atomic E-state index is 12.3. The number of nitrogens with one attached hydrogen (secondary N) is 2. The summed E-state index contributed by atoms with van der Waals surface area (Å²) in [4.78, 5) is 23.1. The van der Waals surface area contributed by atoms with Crippen LogP contribution in [0, 0.1) is 10.1 Å². The topological polar surface area (TPSA) is 110 Å². The van der Waals surface area contributed by atoms with Crippen LogP contribution in [0.2, 0.25) is 0 Å². The van der Waals surface area contributed by atoms with Crippen LogP contribution in [0.1, 0.15) is 48.0 Å². The van der Waals surface area contributed by atoms with Crippen molar-refractivity contribution in [2.75, 3.05) is 10.6 Å². The Balaban J connectivity index is 1.78. The van der Waals surface area contributed by atoms with E-state index in [1.165, 1.54) is 17.4 Å². The molecule has 1 fully saturated rings. The standard InChI is InChI=1S/C15H17N5O3S/c1-8(2)14-18-19-15(24-14)17-13(21)9-3-6-11(16-10-4-5-10)12(7-9)20(22)23/h3,6-8,10,16H,4-5H2,1-2H3,(H,17,19,21). The summed E-state index contributed by atoms with van der Waals surface area (Å²) in [7, 11) is 0. The number of nitro benzene ring substituents is 1. The number of rotatable bonds is 6. The molecule has 1 aliphatic rings. The Labute approximate surface area is 142 Å². The van der Waals surface area contributed by atoms with Gasteiger partial charge in [0, 0.05) is 23.6 Å². The minimum absolute atomic E-state index is 0.102. The van der Waals surface area contributed by atoms with Gasteiger partial charge in [0.25, 0.3) is 11.6 Å². The third-order valence-electron chi connectivity index (χ3n) is 3.55. The maximum absolute atomic E-state index is 12.3. The number of hydrogen-bond donors (Lipinski definition) is 2. The molecule has 0 unspecified atom stereocenters. The molecule has 1 aliphatic carbocycles. The Morgan fingerprint density at radius 1 is 1.38 bits per heavy atom. The predicted molar refractivity (Wildman–Crippen MR) is 91.7 cm³/mol. The Hall–Kier alpha value is -2.55. The van der Waals surface area contributed by atoms with Gasteiger partial charge in [-0.25, -0.2) is 0 Å². The monoisotopic (exact) mass is 347 g/mol. The van der Waals surface area contributed by atoms with Gasteiger partial charge >= 0.3 is 0 Å². The van der Waals surface area contributed by atoms with Gasteiger partial charge in [-0.3, -0.25) is 20.2 Å². The number of aromatic nitrogens is 2. The fourth-order valence-corrected chi connectivity index (χ4v) is 2.82. The summed E-state index contributed by atoms with van der Waals surface area (Å²) >= 11 is 1.29. The second kappa shape index (κ2) is 6.52. The lowest BCUT2D eigenvalue weighted by Crippen LogP contribution is -2.13. The summed E-state index contributed by atoms with van der Waals surface area (Å²) in [6.07, 6.45) is 2.02. The molecule has 0 atom stereocenters. The lowest BCUT2D eigenvalue weighted by atomic mass is 10.1. The highest BCUT2D eigenvalue weighted by molar-refractivity contribution is 7.15. The molecule has 1 aromatic carbocycles. The lowest BCUT2D eigenvalue weighted by molar-refractivity contribution is -0.384. The van der Waals surface area contributed by atoms with E-state index in [-0.39, 0.29) is 17.2 Å². The molecule has 126 valence electrons. The molecule has 3 rings (SSSR count). The van der Waals surface area contributed by atoms with Gasteiger partial charge in [0.1, 0.15) is 10.7 Å². The highest BCUT2D eigenvalue weighted by Crippen LogP contribution is 2.32. The molecular weight excluding hydrogens is 330 g/mol. The third kappa shape index (κ3) is 3.67. The zero-order valence-corrected chi connectivity index (χ0v) is 14.1. The number of benzene rings is 1. The Bertz CT molecular complexity index is 785. The largest absolute Gasteiger partial charge is 0.377 e. The van der Waals surface area contributed by atoms with Crippen LogP contribution in [0.15, 0.2) is 18.2 Å². The fraction of sp³-hybridized carbons (Fsp3) is 0.400. The molecule has 1 aromatic heterocycles. The molecule has 0 bridgehead atoms. The molecule has 1 heterocycles. The van der Waals surface area contributed by atoms with Crippen LogP contribution >= 0.6 is 11.3 Å². The Kier molecular flexibility index (Phi) is 4.43. The number of nitro groups is 1. The van der Waals surface area contributed by atoms with Crippen LogP contribution < -0.4 is 10.6 Å². The van der Waals surface area contributed by atoms with E-state index < -0.39 is 10.8 Å².